The number of fused-ring (bicyclic) bond motifs is 6. The number of aryl methyl sites for hydroxylation is 1. The van der Waals surface area contributed by atoms with Gasteiger partial charge in [0.05, 0.1) is 108 Å². The summed E-state index contributed by atoms with van der Waals surface area (Å²) in [5.41, 5.74) is 4.00. The zero-order valence-corrected chi connectivity index (χ0v) is 45.0. The van der Waals surface area contributed by atoms with E-state index in [1.165, 1.54) is 38.6 Å². The smallest absolute Gasteiger partial charge is 0.407 e. The van der Waals surface area contributed by atoms with Crippen LogP contribution in [0.2, 0.25) is 0 Å². The van der Waals surface area contributed by atoms with Crippen LogP contribution in [-0.2, 0) is 70.0 Å². The maximum absolute atomic E-state index is 13.5. The number of aliphatic carboxylic acids is 1. The number of aromatic hydroxyl groups is 1. The molecular formula is C54H67N5O22. The van der Waals surface area contributed by atoms with E-state index < -0.39 is 72.4 Å². The van der Waals surface area contributed by atoms with Crippen molar-refractivity contribution in [2.45, 2.75) is 99.9 Å². The minimum atomic E-state index is -2.26. The number of nitrogens with zero attached hydrogens (tertiary/aromatic N) is 1. The van der Waals surface area contributed by atoms with E-state index in [1.807, 2.05) is 19.9 Å². The molecule has 3 aromatic rings. The Morgan fingerprint density at radius 2 is 1.65 bits per heavy atom. The molecule has 1 spiro atoms. The fourth-order valence-corrected chi connectivity index (χ4v) is 11.0. The minimum Gasteiger partial charge on any atom is -0.506 e. The van der Waals surface area contributed by atoms with Gasteiger partial charge in [-0.25, -0.2) is 9.59 Å². The van der Waals surface area contributed by atoms with Crippen molar-refractivity contribution in [2.75, 3.05) is 92.1 Å². The summed E-state index contributed by atoms with van der Waals surface area (Å²) in [4.78, 5) is 62.9. The van der Waals surface area contributed by atoms with E-state index in [2.05, 4.69) is 16.1 Å². The fourth-order valence-electron chi connectivity index (χ4n) is 11.0. The van der Waals surface area contributed by atoms with Gasteiger partial charge in [0, 0.05) is 60.7 Å². The van der Waals surface area contributed by atoms with E-state index in [1.54, 1.807) is 12.1 Å². The number of hydrazine groups is 1. The molecule has 0 radical (unpaired) electrons. The Morgan fingerprint density at radius 1 is 0.963 bits per heavy atom. The fraction of sp³-hybridized carbons (Fsp3) is 0.537. The van der Waals surface area contributed by atoms with Gasteiger partial charge in [-0.1, -0.05) is 13.0 Å². The summed E-state index contributed by atoms with van der Waals surface area (Å²) >= 11 is 0. The molecule has 3 saturated heterocycles. The molecule has 3 amide bonds. The SMILES string of the molecule is COc1c2c(c(O)c3c4c(c(C)cc13)C(C)C1OC(O)(CNC(=O)OCc3ccc(OC5C[C@@H](O)[C@H](O)C(C(=O)O)O5)c(N/C=C(/COCCOCCOCCOCCN5C(=O)C=CC5=O)NN)c3)[C@]3(CO3)C1(OC)O4)C(=O)CCC2. The number of phenolic OH excluding ortho intramolecular Hbond substituents is 1. The van der Waals surface area contributed by atoms with E-state index in [9.17, 15) is 49.5 Å². The molecule has 81 heavy (non-hydrogen) atoms. The Kier molecular flexibility index (Phi) is 18.0. The Balaban J connectivity index is 0.814. The summed E-state index contributed by atoms with van der Waals surface area (Å²) in [5, 5.41) is 61.0. The highest BCUT2D eigenvalue weighted by molar-refractivity contribution is 6.13. The largest absolute Gasteiger partial charge is 0.506 e. The van der Waals surface area contributed by atoms with E-state index in [0.29, 0.717) is 46.4 Å². The summed E-state index contributed by atoms with van der Waals surface area (Å²) < 4.78 is 70.6. The molecule has 3 aromatic carbocycles. The monoisotopic (exact) mass is 1140 g/mol. The molecule has 27 heteroatoms. The van der Waals surface area contributed by atoms with Gasteiger partial charge in [0.1, 0.15) is 41.8 Å². The molecule has 6 aliphatic rings. The second-order valence-electron chi connectivity index (χ2n) is 20.1. The number of methoxy groups -OCH3 is 2. The number of carboxylic acids is 1. The van der Waals surface area contributed by atoms with Crippen LogP contribution in [0.15, 0.2) is 48.3 Å². The zero-order valence-electron chi connectivity index (χ0n) is 45.0. The summed E-state index contributed by atoms with van der Waals surface area (Å²) in [6.45, 7) is 4.51. The molecule has 5 aliphatic heterocycles. The van der Waals surface area contributed by atoms with Crippen LogP contribution in [0.3, 0.4) is 0 Å². The van der Waals surface area contributed by atoms with Crippen molar-refractivity contribution >= 4 is 46.1 Å². The number of amides is 3. The molecule has 6 unspecified atom stereocenters. The lowest BCUT2D eigenvalue weighted by atomic mass is 9.77. The number of anilines is 1. The Bertz CT molecular complexity index is 2930. The van der Waals surface area contributed by atoms with Gasteiger partial charge in [-0.2, -0.15) is 0 Å². The molecule has 27 nitrogen and oxygen atoms in total. The van der Waals surface area contributed by atoms with Crippen LogP contribution < -0.4 is 36.1 Å². The number of benzene rings is 3. The number of hydrogen-bond donors (Lipinski definition) is 9. The average Bonchev–Trinajstić information content (AvgIpc) is 1.60. The van der Waals surface area contributed by atoms with Gasteiger partial charge in [-0.05, 0) is 49.1 Å². The topological polar surface area (TPSA) is 366 Å². The lowest BCUT2D eigenvalue weighted by molar-refractivity contribution is -0.229. The number of alkyl carbamates (subject to hydrolysis) is 1. The van der Waals surface area contributed by atoms with E-state index in [0.717, 1.165) is 10.5 Å². The molecule has 0 saturated carbocycles. The number of carbonyl (C=O) groups excluding carboxylic acids is 4. The Morgan fingerprint density at radius 3 is 2.31 bits per heavy atom. The summed E-state index contributed by atoms with van der Waals surface area (Å²) in [7, 11) is 2.88. The Hall–Kier alpha value is -6.73. The van der Waals surface area contributed by atoms with Crippen LogP contribution in [0, 0.1) is 6.92 Å². The quantitative estimate of drug-likeness (QED) is 0.0178. The van der Waals surface area contributed by atoms with Crippen molar-refractivity contribution < 1.29 is 106 Å². The third-order valence-electron chi connectivity index (χ3n) is 15.1. The number of aliphatic hydroxyl groups excluding tert-OH is 2. The van der Waals surface area contributed by atoms with Gasteiger partial charge in [0.15, 0.2) is 11.9 Å². The normalized spacial score (nSPS) is 27.4. The van der Waals surface area contributed by atoms with Crippen molar-refractivity contribution in [3.8, 4) is 23.0 Å². The van der Waals surface area contributed by atoms with Crippen molar-refractivity contribution in [1.82, 2.24) is 15.6 Å². The number of carbonyl (C=O) groups is 5. The van der Waals surface area contributed by atoms with Crippen LogP contribution in [0.5, 0.6) is 23.0 Å². The third-order valence-corrected chi connectivity index (χ3v) is 15.1. The van der Waals surface area contributed by atoms with Gasteiger partial charge in [-0.15, -0.1) is 0 Å². The predicted molar refractivity (Wildman–Crippen MR) is 278 cm³/mol. The first kappa shape index (κ1) is 58.9. The maximum Gasteiger partial charge on any atom is 0.407 e. The number of imide groups is 1. The maximum atomic E-state index is 13.5. The molecule has 3 fully saturated rings. The minimum absolute atomic E-state index is 0.0214. The van der Waals surface area contributed by atoms with Gasteiger partial charge < -0.3 is 98.4 Å². The second kappa shape index (κ2) is 24.8. The molecular weight excluding hydrogens is 1070 g/mol. The number of phenols is 1. The lowest BCUT2D eigenvalue weighted by Crippen LogP contribution is -2.64. The molecule has 1 aliphatic carbocycles. The first-order valence-electron chi connectivity index (χ1n) is 26.3. The van der Waals surface area contributed by atoms with Gasteiger partial charge in [-0.3, -0.25) is 25.1 Å². The molecule has 5 heterocycles. The third kappa shape index (κ3) is 11.6. The number of carboxylic acid groups (broad SMARTS) is 1. The average molecular weight is 1140 g/mol. The number of ether oxygens (including phenoxy) is 12. The second-order valence-corrected chi connectivity index (χ2v) is 20.1. The molecule has 10 N–H and O–H groups in total. The van der Waals surface area contributed by atoms with E-state index >= 15 is 0 Å². The predicted octanol–water partition coefficient (Wildman–Crippen LogP) is 1.01. The Labute approximate surface area is 463 Å². The standard InChI is InChI=1S/C54H67N5O22/c1-28-20-33-43(45(65)42-32(46(33)70-3)6-5-7-35(42)60)47-41(28)29(2)49-54(71-4,80-47)52(27-77-52)53(69,81-49)26-57-51(68)76-24-30-8-9-37(78-40-22-36(61)44(64)48(79-40)50(66)67)34(21-30)56-23-31(58-55)25-75-19-18-74-17-16-73-15-14-72-13-12-59-38(62)10-11-39(59)63/h8-11,20-21,23,29,36,40,44,48-49,56,58,61,64-65,69H,5-7,12-19,22,24-27,55H2,1-4H3,(H,57,68)(H,66,67)/b31-23-/t29?,36-,40?,44+,48?,49?,52-,53?,54?/m1/s1. The number of Topliss-reactive ketones (excluding diaryl/α,β-unsaturated/α-hetero) is 1. The zero-order chi connectivity index (χ0) is 57.8. The number of epoxide rings is 1. The molecule has 0 bridgehead atoms. The highest BCUT2D eigenvalue weighted by Crippen LogP contribution is 2.64. The van der Waals surface area contributed by atoms with Gasteiger partial charge >= 0.3 is 12.1 Å². The number of rotatable bonds is 26. The van der Waals surface area contributed by atoms with Crippen LogP contribution >= 0.6 is 0 Å². The number of ketones is 1. The molecule has 9 atom stereocenters. The summed E-state index contributed by atoms with van der Waals surface area (Å²) in [5.74, 6) is -0.801. The van der Waals surface area contributed by atoms with Crippen molar-refractivity contribution in [2.24, 2.45) is 5.84 Å². The highest BCUT2D eigenvalue weighted by Gasteiger charge is 2.86. The van der Waals surface area contributed by atoms with E-state index in [-0.39, 0.29) is 137 Å². The van der Waals surface area contributed by atoms with Gasteiger partial charge in [0.25, 0.3) is 17.6 Å². The summed E-state index contributed by atoms with van der Waals surface area (Å²) in [6.07, 6.45) is -3.30. The number of nitrogens with one attached hydrogen (secondary N) is 3. The number of nitrogens with two attached hydrogens (primary N) is 1. The van der Waals surface area contributed by atoms with Gasteiger partial charge in [0.2, 0.25) is 17.7 Å². The summed E-state index contributed by atoms with van der Waals surface area (Å²) in [6, 6.07) is 6.43. The van der Waals surface area contributed by atoms with E-state index in [4.69, 9.17) is 62.7 Å². The molecule has 0 aromatic heterocycles. The lowest BCUT2D eigenvalue weighted by Gasteiger charge is -2.44. The molecule has 440 valence electrons. The van der Waals surface area contributed by atoms with Crippen LogP contribution in [0.4, 0.5) is 10.5 Å². The first-order valence-corrected chi connectivity index (χ1v) is 26.3. The van der Waals surface area contributed by atoms with Crippen LogP contribution in [0.25, 0.3) is 10.8 Å². The highest BCUT2D eigenvalue weighted by atomic mass is 16.8. The van der Waals surface area contributed by atoms with Crippen molar-refractivity contribution in [3.63, 3.8) is 0 Å². The van der Waals surface area contributed by atoms with Crippen LogP contribution in [-0.4, -0.2) is 195 Å². The molecule has 9 rings (SSSR count). The van der Waals surface area contributed by atoms with Crippen LogP contribution in [0.1, 0.15) is 64.7 Å². The van der Waals surface area contributed by atoms with Crippen molar-refractivity contribution in [3.05, 3.63) is 76.1 Å². The number of hydrogen-bond acceptors (Lipinski definition) is 24. The number of aliphatic hydroxyl groups is 3. The van der Waals surface area contributed by atoms with Crippen molar-refractivity contribution in [1.29, 1.82) is 0 Å². The first-order chi connectivity index (χ1) is 38.9.